The van der Waals surface area contributed by atoms with E-state index in [1.807, 2.05) is 0 Å². The lowest BCUT2D eigenvalue weighted by molar-refractivity contribution is 0.598. The van der Waals surface area contributed by atoms with Gasteiger partial charge in [-0.2, -0.15) is 0 Å². The van der Waals surface area contributed by atoms with E-state index < -0.39 is 9.84 Å². The molecule has 0 saturated heterocycles. The highest BCUT2D eigenvalue weighted by Crippen LogP contribution is 2.29. The molecule has 0 aromatic rings. The lowest BCUT2D eigenvalue weighted by Gasteiger charge is -1.89. The molecule has 1 saturated carbocycles. The van der Waals surface area contributed by atoms with E-state index in [9.17, 15) is 8.42 Å². The van der Waals surface area contributed by atoms with Crippen LogP contribution in [0.3, 0.4) is 0 Å². The fourth-order valence-electron chi connectivity index (χ4n) is 0.713. The minimum absolute atomic E-state index is 0. The molecular weight excluding hydrogens is 136 g/mol. The van der Waals surface area contributed by atoms with Gasteiger partial charge in [0, 0.05) is 7.68 Å². The van der Waals surface area contributed by atoms with Crippen molar-refractivity contribution in [3.8, 4) is 0 Å². The molecule has 0 radical (unpaired) electrons. The van der Waals surface area contributed by atoms with Gasteiger partial charge in [-0.1, -0.05) is 7.43 Å². The first-order chi connectivity index (χ1) is 3.58. The molecule has 1 rings (SSSR count). The predicted octanol–water partition coefficient (Wildman–Crippen LogP) is 1.32. The van der Waals surface area contributed by atoms with Crippen molar-refractivity contribution in [2.24, 2.45) is 5.92 Å². The second-order valence-electron chi connectivity index (χ2n) is 2.54. The first-order valence-electron chi connectivity index (χ1n) is 2.76. The maximum atomic E-state index is 10.5. The summed E-state index contributed by atoms with van der Waals surface area (Å²) in [7, 11) is -2.66. The molecule has 2 nitrogen and oxygen atoms in total. The third-order valence-electron chi connectivity index (χ3n) is 1.24. The Bertz CT molecular complexity index is 170. The van der Waals surface area contributed by atoms with Crippen LogP contribution in [0.4, 0.5) is 0 Å². The number of hydrogen-bond donors (Lipinski definition) is 0. The Kier molecular flexibility index (Phi) is 2.67. The molecule has 9 heavy (non-hydrogen) atoms. The third kappa shape index (κ3) is 4.45. The van der Waals surface area contributed by atoms with Crippen molar-refractivity contribution in [3.63, 3.8) is 0 Å². The summed E-state index contributed by atoms with van der Waals surface area (Å²) in [6, 6.07) is 0. The van der Waals surface area contributed by atoms with Crippen molar-refractivity contribution in [1.82, 2.24) is 0 Å². The van der Waals surface area contributed by atoms with Crippen molar-refractivity contribution in [3.05, 3.63) is 0 Å². The summed E-state index contributed by atoms with van der Waals surface area (Å²) in [5, 5.41) is 0. The van der Waals surface area contributed by atoms with E-state index in [1.165, 1.54) is 6.26 Å². The van der Waals surface area contributed by atoms with Crippen molar-refractivity contribution in [2.75, 3.05) is 12.0 Å². The Hall–Kier alpha value is -0.0500. The Morgan fingerprint density at radius 2 is 2.00 bits per heavy atom. The highest BCUT2D eigenvalue weighted by molar-refractivity contribution is 7.90. The van der Waals surface area contributed by atoms with Gasteiger partial charge in [0.25, 0.3) is 0 Å². The van der Waals surface area contributed by atoms with Gasteiger partial charge in [-0.3, -0.25) is 0 Å². The van der Waals surface area contributed by atoms with Gasteiger partial charge in [-0.25, -0.2) is 8.42 Å². The minimum Gasteiger partial charge on any atom is -0.229 e. The van der Waals surface area contributed by atoms with Crippen LogP contribution in [-0.4, -0.2) is 20.4 Å². The van der Waals surface area contributed by atoms with Crippen molar-refractivity contribution < 1.29 is 9.84 Å². The van der Waals surface area contributed by atoms with Gasteiger partial charge in [0.2, 0.25) is 0 Å². The molecule has 0 aliphatic heterocycles. The molecule has 0 bridgehead atoms. The lowest BCUT2D eigenvalue weighted by atomic mass is 10.5. The largest absolute Gasteiger partial charge is 0.229 e. The monoisotopic (exact) mass is 152 g/mol. The fraction of sp³-hybridized carbons (Fsp3) is 1.00. The molecule has 0 heterocycles. The first kappa shape index (κ1) is 8.95. The Labute approximate surface area is 58.7 Å². The molecule has 0 spiro atoms. The van der Waals surface area contributed by atoms with E-state index in [2.05, 4.69) is 0 Å². The van der Waals surface area contributed by atoms with Gasteiger partial charge in [0.1, 0.15) is 9.84 Å². The zero-order chi connectivity index (χ0) is 6.20. The van der Waals surface area contributed by atoms with Crippen LogP contribution in [0.25, 0.3) is 0 Å². The van der Waals surface area contributed by atoms with Crippen LogP contribution in [0.15, 0.2) is 0 Å². The highest BCUT2D eigenvalue weighted by atomic mass is 32.2. The molecule has 58 valence electrons. The molecule has 0 N–H and O–H groups in total. The minimum atomic E-state index is -2.66. The second-order valence-corrected chi connectivity index (χ2v) is 4.72. The predicted molar refractivity (Wildman–Crippen MR) is 41.3 cm³/mol. The number of rotatable bonds is 2. The summed E-state index contributed by atoms with van der Waals surface area (Å²) in [5.74, 6) is 0.914. The summed E-state index contributed by atoms with van der Waals surface area (Å²) < 4.78 is 21.0. The van der Waals surface area contributed by atoms with Gasteiger partial charge >= 0.3 is 0 Å². The summed E-state index contributed by atoms with van der Waals surface area (Å²) >= 11 is 0. The average molecular weight is 152 g/mol. The molecule has 0 atom stereocenters. The molecule has 1 fully saturated rings. The smallest absolute Gasteiger partial charge is 0.147 e. The van der Waals surface area contributed by atoms with Gasteiger partial charge in [0.15, 0.2) is 0 Å². The van der Waals surface area contributed by atoms with E-state index in [0.29, 0.717) is 11.7 Å². The summed E-state index contributed by atoms with van der Waals surface area (Å²) in [6.45, 7) is 0. The van der Waals surface area contributed by atoms with Crippen molar-refractivity contribution in [2.45, 2.75) is 20.3 Å². The van der Waals surface area contributed by atoms with Crippen LogP contribution in [0.5, 0.6) is 0 Å². The van der Waals surface area contributed by atoms with Crippen LogP contribution >= 0.6 is 0 Å². The van der Waals surface area contributed by atoms with E-state index in [0.717, 1.165) is 12.8 Å². The summed E-state index contributed by atoms with van der Waals surface area (Å²) in [4.78, 5) is 0. The molecular formula is C6H16O2S. The van der Waals surface area contributed by atoms with Gasteiger partial charge in [-0.15, -0.1) is 0 Å². The molecule has 3 heteroatoms. The molecule has 0 aromatic carbocycles. The van der Waals surface area contributed by atoms with Crippen LogP contribution in [-0.2, 0) is 9.84 Å². The number of hydrogen-bond acceptors (Lipinski definition) is 2. The van der Waals surface area contributed by atoms with Crippen LogP contribution in [0.2, 0.25) is 0 Å². The first-order valence-corrected chi connectivity index (χ1v) is 4.82. The zero-order valence-electron chi connectivity index (χ0n) is 4.92. The van der Waals surface area contributed by atoms with Crippen LogP contribution < -0.4 is 0 Å². The molecule has 0 aromatic heterocycles. The van der Waals surface area contributed by atoms with E-state index >= 15 is 0 Å². The molecule has 1 aliphatic rings. The maximum absolute atomic E-state index is 10.5. The van der Waals surface area contributed by atoms with Gasteiger partial charge in [-0.05, 0) is 18.8 Å². The Morgan fingerprint density at radius 1 is 1.56 bits per heavy atom. The van der Waals surface area contributed by atoms with Gasteiger partial charge < -0.3 is 0 Å². The summed E-state index contributed by atoms with van der Waals surface area (Å²) in [5.41, 5.74) is 0. The Balaban J connectivity index is 0. The van der Waals surface area contributed by atoms with E-state index in [1.54, 1.807) is 0 Å². The van der Waals surface area contributed by atoms with E-state index in [-0.39, 0.29) is 8.85 Å². The van der Waals surface area contributed by atoms with Gasteiger partial charge in [0.05, 0.1) is 5.75 Å². The molecule has 0 amide bonds. The maximum Gasteiger partial charge on any atom is 0.147 e. The second kappa shape index (κ2) is 2.69. The third-order valence-corrected chi connectivity index (χ3v) is 2.31. The van der Waals surface area contributed by atoms with Crippen molar-refractivity contribution >= 4 is 9.84 Å². The van der Waals surface area contributed by atoms with E-state index in [4.69, 9.17) is 0 Å². The van der Waals surface area contributed by atoms with Crippen LogP contribution in [0.1, 0.15) is 21.7 Å². The highest BCUT2D eigenvalue weighted by Gasteiger charge is 2.25. The van der Waals surface area contributed by atoms with Crippen molar-refractivity contribution in [1.29, 1.82) is 0 Å². The summed E-state index contributed by atoms with van der Waals surface area (Å²) in [6.07, 6.45) is 3.53. The molecule has 1 aliphatic carbocycles. The lowest BCUT2D eigenvalue weighted by Crippen LogP contribution is -2.03. The fourth-order valence-corrected chi connectivity index (χ4v) is 1.90. The number of sulfone groups is 1. The Morgan fingerprint density at radius 3 is 2.11 bits per heavy atom. The quantitative estimate of drug-likeness (QED) is 0.598. The SMILES string of the molecule is C.CS(=O)(=O)CC1CC1.[HH]. The zero-order valence-corrected chi connectivity index (χ0v) is 5.74. The normalized spacial score (nSPS) is 18.8. The molecule has 0 unspecified atom stereocenters. The van der Waals surface area contributed by atoms with Crippen LogP contribution in [0, 0.1) is 5.92 Å². The standard InChI is InChI=1S/C5H10O2S.CH4.H2/c1-8(6,7)4-5-2-3-5;;/h5H,2-4H2,1H3;1H4;1H. The average Bonchev–Trinajstić information content (AvgIpc) is 2.12. The topological polar surface area (TPSA) is 34.1 Å².